The fourth-order valence-electron chi connectivity index (χ4n) is 3.68. The number of carbonyl (C=O) groups excluding carboxylic acids is 1. The van der Waals surface area contributed by atoms with E-state index < -0.39 is 0 Å². The maximum absolute atomic E-state index is 13.2. The van der Waals surface area contributed by atoms with Crippen LogP contribution in [0.2, 0.25) is 0 Å². The van der Waals surface area contributed by atoms with Crippen molar-refractivity contribution in [2.75, 3.05) is 20.7 Å². The third-order valence-electron chi connectivity index (χ3n) is 5.21. The van der Waals surface area contributed by atoms with Crippen molar-refractivity contribution in [1.82, 2.24) is 9.91 Å². The highest BCUT2D eigenvalue weighted by atomic mass is 32.1. The highest BCUT2D eigenvalue weighted by Crippen LogP contribution is 2.33. The van der Waals surface area contributed by atoms with Gasteiger partial charge in [-0.1, -0.05) is 42.5 Å². The summed E-state index contributed by atoms with van der Waals surface area (Å²) in [6, 6.07) is 19.9. The minimum absolute atomic E-state index is 0.000483. The Bertz CT molecular complexity index is 1000. The molecule has 1 amide bonds. The van der Waals surface area contributed by atoms with Crippen LogP contribution in [0.4, 0.5) is 0 Å². The van der Waals surface area contributed by atoms with Crippen molar-refractivity contribution in [2.24, 2.45) is 5.10 Å². The molecule has 5 nitrogen and oxygen atoms in total. The Hall–Kier alpha value is -2.96. The van der Waals surface area contributed by atoms with Gasteiger partial charge in [-0.05, 0) is 52.7 Å². The molecule has 6 heteroatoms. The van der Waals surface area contributed by atoms with Gasteiger partial charge in [0.2, 0.25) is 0 Å². The van der Waals surface area contributed by atoms with Gasteiger partial charge in [0.15, 0.2) is 0 Å². The smallest absolute Gasteiger partial charge is 0.257 e. The molecule has 154 valence electrons. The molecule has 0 radical (unpaired) electrons. The van der Waals surface area contributed by atoms with Crippen LogP contribution in [0.5, 0.6) is 5.75 Å². The van der Waals surface area contributed by atoms with Gasteiger partial charge < -0.3 is 4.74 Å². The van der Waals surface area contributed by atoms with Gasteiger partial charge >= 0.3 is 0 Å². The number of amides is 1. The molecule has 2 heterocycles. The van der Waals surface area contributed by atoms with Crippen LogP contribution in [0.3, 0.4) is 0 Å². The molecule has 4 rings (SSSR count). The predicted octanol–water partition coefficient (Wildman–Crippen LogP) is 4.57. The minimum Gasteiger partial charge on any atom is -0.497 e. The van der Waals surface area contributed by atoms with E-state index in [2.05, 4.69) is 16.8 Å². The Morgan fingerprint density at radius 3 is 2.60 bits per heavy atom. The molecule has 0 saturated heterocycles. The zero-order valence-electron chi connectivity index (χ0n) is 17.2. The molecule has 0 saturated carbocycles. The number of benzene rings is 2. The fourth-order valence-corrected chi connectivity index (χ4v) is 4.34. The van der Waals surface area contributed by atoms with E-state index in [1.165, 1.54) is 5.56 Å². The van der Waals surface area contributed by atoms with Gasteiger partial charge in [-0.15, -0.1) is 0 Å². The van der Waals surface area contributed by atoms with Gasteiger partial charge in [-0.2, -0.15) is 16.4 Å². The summed E-state index contributed by atoms with van der Waals surface area (Å²) in [6.45, 7) is 1.06. The lowest BCUT2D eigenvalue weighted by Crippen LogP contribution is -2.36. The van der Waals surface area contributed by atoms with Crippen molar-refractivity contribution in [3.63, 3.8) is 0 Å². The van der Waals surface area contributed by atoms with Crippen LogP contribution in [-0.2, 0) is 11.3 Å². The second-order valence-electron chi connectivity index (χ2n) is 7.45. The number of thiophene rings is 1. The molecule has 30 heavy (non-hydrogen) atoms. The van der Waals surface area contributed by atoms with Crippen molar-refractivity contribution in [2.45, 2.75) is 19.0 Å². The number of rotatable bonds is 7. The van der Waals surface area contributed by atoms with Gasteiger partial charge in [0, 0.05) is 13.0 Å². The first-order valence-electron chi connectivity index (χ1n) is 9.92. The zero-order chi connectivity index (χ0) is 20.9. The van der Waals surface area contributed by atoms with Gasteiger partial charge in [0.25, 0.3) is 5.91 Å². The molecular weight excluding hydrogens is 394 g/mol. The fraction of sp³-hybridized carbons (Fsp3) is 0.250. The lowest BCUT2D eigenvalue weighted by Gasteiger charge is -2.24. The number of hydrogen-bond acceptors (Lipinski definition) is 5. The first kappa shape index (κ1) is 20.3. The average molecular weight is 420 g/mol. The molecule has 0 spiro atoms. The highest BCUT2D eigenvalue weighted by Gasteiger charge is 2.33. The molecule has 1 aliphatic rings. The molecule has 0 fully saturated rings. The van der Waals surface area contributed by atoms with E-state index in [1.54, 1.807) is 23.5 Å². The van der Waals surface area contributed by atoms with E-state index in [4.69, 9.17) is 9.84 Å². The maximum Gasteiger partial charge on any atom is 0.257 e. The van der Waals surface area contributed by atoms with Crippen LogP contribution in [-0.4, -0.2) is 42.2 Å². The Labute approximate surface area is 181 Å². The molecule has 2 aromatic carbocycles. The van der Waals surface area contributed by atoms with Gasteiger partial charge in [-0.25, -0.2) is 5.01 Å². The quantitative estimate of drug-likeness (QED) is 0.564. The summed E-state index contributed by atoms with van der Waals surface area (Å²) in [5, 5.41) is 10.6. The Morgan fingerprint density at radius 2 is 1.93 bits per heavy atom. The van der Waals surface area contributed by atoms with Gasteiger partial charge in [0.05, 0.1) is 25.4 Å². The molecule has 0 aliphatic carbocycles. The molecule has 1 unspecified atom stereocenters. The van der Waals surface area contributed by atoms with E-state index in [1.807, 2.05) is 66.5 Å². The Kier molecular flexibility index (Phi) is 6.26. The Balaban J connectivity index is 1.56. The largest absolute Gasteiger partial charge is 0.497 e. The predicted molar refractivity (Wildman–Crippen MR) is 121 cm³/mol. The van der Waals surface area contributed by atoms with Crippen LogP contribution in [0.1, 0.15) is 29.2 Å². The van der Waals surface area contributed by atoms with Crippen molar-refractivity contribution in [1.29, 1.82) is 0 Å². The third-order valence-corrected chi connectivity index (χ3v) is 5.94. The van der Waals surface area contributed by atoms with Crippen LogP contribution >= 0.6 is 11.3 Å². The standard InChI is InChI=1S/C24H25N3O2S/c1-26(15-18-12-13-30-17-18)16-24(28)27-23(20-8-10-21(29-2)11-9-20)14-22(25-27)19-6-4-3-5-7-19/h3-13,17,23H,14-16H2,1-2H3. The maximum atomic E-state index is 13.2. The molecule has 1 atom stereocenters. The zero-order valence-corrected chi connectivity index (χ0v) is 18.0. The molecule has 3 aromatic rings. The molecule has 1 aliphatic heterocycles. The summed E-state index contributed by atoms with van der Waals surface area (Å²) in [5.41, 5.74) is 4.26. The topological polar surface area (TPSA) is 45.1 Å². The van der Waals surface area contributed by atoms with Crippen molar-refractivity contribution >= 4 is 23.0 Å². The molecule has 0 bridgehead atoms. The van der Waals surface area contributed by atoms with Crippen LogP contribution < -0.4 is 4.74 Å². The average Bonchev–Trinajstić information content (AvgIpc) is 3.44. The first-order chi connectivity index (χ1) is 14.6. The van der Waals surface area contributed by atoms with Crippen molar-refractivity contribution < 1.29 is 9.53 Å². The number of ether oxygens (including phenoxy) is 1. The molecule has 0 N–H and O–H groups in total. The summed E-state index contributed by atoms with van der Waals surface area (Å²) >= 11 is 1.67. The minimum atomic E-state index is -0.117. The number of carbonyl (C=O) groups is 1. The van der Waals surface area contributed by atoms with E-state index in [-0.39, 0.29) is 11.9 Å². The van der Waals surface area contributed by atoms with Crippen LogP contribution in [0.15, 0.2) is 76.5 Å². The monoisotopic (exact) mass is 419 g/mol. The lowest BCUT2D eigenvalue weighted by molar-refractivity contribution is -0.134. The summed E-state index contributed by atoms with van der Waals surface area (Å²) in [7, 11) is 3.62. The molecule has 1 aromatic heterocycles. The summed E-state index contributed by atoms with van der Waals surface area (Å²) in [4.78, 5) is 15.3. The SMILES string of the molecule is COc1ccc(C2CC(c3ccccc3)=NN2C(=O)CN(C)Cc2ccsc2)cc1. The second kappa shape index (κ2) is 9.24. The second-order valence-corrected chi connectivity index (χ2v) is 8.23. The number of hydrogen-bond donors (Lipinski definition) is 0. The normalized spacial score (nSPS) is 16.0. The van der Waals surface area contributed by atoms with Crippen molar-refractivity contribution in [3.05, 3.63) is 88.1 Å². The van der Waals surface area contributed by atoms with E-state index in [0.29, 0.717) is 13.0 Å². The summed E-state index contributed by atoms with van der Waals surface area (Å²) in [6.07, 6.45) is 0.691. The number of methoxy groups -OCH3 is 1. The van der Waals surface area contributed by atoms with E-state index in [9.17, 15) is 4.79 Å². The van der Waals surface area contributed by atoms with E-state index in [0.717, 1.165) is 29.1 Å². The van der Waals surface area contributed by atoms with Crippen molar-refractivity contribution in [3.8, 4) is 5.75 Å². The van der Waals surface area contributed by atoms with E-state index >= 15 is 0 Å². The lowest BCUT2D eigenvalue weighted by atomic mass is 9.98. The number of hydrazone groups is 1. The van der Waals surface area contributed by atoms with Crippen LogP contribution in [0.25, 0.3) is 0 Å². The van der Waals surface area contributed by atoms with Crippen LogP contribution in [0, 0.1) is 0 Å². The first-order valence-corrected chi connectivity index (χ1v) is 10.9. The summed E-state index contributed by atoms with van der Waals surface area (Å²) in [5.74, 6) is 0.800. The summed E-state index contributed by atoms with van der Waals surface area (Å²) < 4.78 is 5.28. The Morgan fingerprint density at radius 1 is 1.17 bits per heavy atom. The number of likely N-dealkylation sites (N-methyl/N-ethyl adjacent to an activating group) is 1. The number of nitrogens with zero attached hydrogens (tertiary/aromatic N) is 3. The third kappa shape index (κ3) is 4.61. The molecular formula is C24H25N3O2S. The van der Waals surface area contributed by atoms with Gasteiger partial charge in [0.1, 0.15) is 5.75 Å². The highest BCUT2D eigenvalue weighted by molar-refractivity contribution is 7.07. The van der Waals surface area contributed by atoms with Gasteiger partial charge in [-0.3, -0.25) is 9.69 Å².